The predicted molar refractivity (Wildman–Crippen MR) is 246 cm³/mol. The number of hydrogen-bond donors (Lipinski definition) is 3. The van der Waals surface area contributed by atoms with Crippen LogP contribution in [0.15, 0.2) is 12.2 Å². The molecule has 0 rings (SSSR count). The Bertz CT molecular complexity index is 863. The van der Waals surface area contributed by atoms with Crippen LogP contribution in [0.5, 0.6) is 0 Å². The smallest absolute Gasteiger partial charge is 0.306 e. The molecule has 338 valence electrons. The normalized spacial score (nSPS) is 13.3. The zero-order chi connectivity index (χ0) is 41.7. The summed E-state index contributed by atoms with van der Waals surface area (Å²) in [5.74, 6) is -0.467. The summed E-state index contributed by atoms with van der Waals surface area (Å²) in [6.45, 7) is 6.47. The summed E-state index contributed by atoms with van der Waals surface area (Å²) in [6, 6.07) is -0.696. The summed E-state index contributed by atoms with van der Waals surface area (Å²) >= 11 is 0. The van der Waals surface area contributed by atoms with Gasteiger partial charge in [-0.1, -0.05) is 226 Å². The molecule has 1 amide bonds. The maximum atomic E-state index is 13.2. The number of esters is 1. The first-order valence-electron chi connectivity index (χ1n) is 25.4. The number of nitrogens with one attached hydrogen (secondary N) is 1. The second-order valence-electron chi connectivity index (χ2n) is 17.6. The number of carbonyl (C=O) groups excluding carboxylic acids is 2. The average molecular weight is 806 g/mol. The van der Waals surface area contributed by atoms with Crippen LogP contribution in [0, 0.1) is 0 Å². The van der Waals surface area contributed by atoms with Gasteiger partial charge in [0.2, 0.25) is 5.91 Å². The van der Waals surface area contributed by atoms with Gasteiger partial charge in [-0.05, 0) is 51.4 Å². The standard InChI is InChI=1S/C51H99NO5/c1-4-7-10-13-16-19-21-23-24-25-27-29-32-35-38-41-44-51(56)57-47(42-39-36-33-31-28-26-22-20-17-14-11-8-5-2)45-50(55)52-48(46-53)49(54)43-40-37-34-30-18-15-12-9-6-3/h20,22,47-49,53-54H,4-19,21,23-46H2,1-3H3,(H,52,55)/b22-20-. The number of rotatable bonds is 46. The lowest BCUT2D eigenvalue weighted by Crippen LogP contribution is -2.46. The first kappa shape index (κ1) is 55.6. The molecule has 0 aliphatic carbocycles. The van der Waals surface area contributed by atoms with E-state index in [0.717, 1.165) is 64.2 Å². The van der Waals surface area contributed by atoms with E-state index in [9.17, 15) is 19.8 Å². The van der Waals surface area contributed by atoms with Crippen molar-refractivity contribution in [3.8, 4) is 0 Å². The number of aliphatic hydroxyl groups is 2. The van der Waals surface area contributed by atoms with E-state index >= 15 is 0 Å². The summed E-state index contributed by atoms with van der Waals surface area (Å²) in [4.78, 5) is 26.1. The summed E-state index contributed by atoms with van der Waals surface area (Å²) in [7, 11) is 0. The molecular weight excluding hydrogens is 707 g/mol. The molecule has 0 bridgehead atoms. The Labute approximate surface area is 355 Å². The molecule has 0 saturated heterocycles. The SMILES string of the molecule is CCCCCC/C=C\CCCCCCCC(CC(=O)NC(CO)C(O)CCCCCCCCCCC)OC(=O)CCCCCCCCCCCCCCCCCC. The Hall–Kier alpha value is -1.40. The van der Waals surface area contributed by atoms with Crippen molar-refractivity contribution in [2.24, 2.45) is 0 Å². The van der Waals surface area contributed by atoms with Gasteiger partial charge in [0.15, 0.2) is 0 Å². The minimum atomic E-state index is -0.782. The van der Waals surface area contributed by atoms with Gasteiger partial charge in [-0.2, -0.15) is 0 Å². The van der Waals surface area contributed by atoms with Crippen molar-refractivity contribution in [3.63, 3.8) is 0 Å². The molecule has 0 saturated carbocycles. The third-order valence-electron chi connectivity index (χ3n) is 11.8. The van der Waals surface area contributed by atoms with Gasteiger partial charge in [0.25, 0.3) is 0 Å². The van der Waals surface area contributed by atoms with Gasteiger partial charge in [-0.3, -0.25) is 9.59 Å². The molecule has 0 heterocycles. The zero-order valence-corrected chi connectivity index (χ0v) is 38.5. The first-order chi connectivity index (χ1) is 28.0. The van der Waals surface area contributed by atoms with Crippen molar-refractivity contribution in [2.45, 2.75) is 296 Å². The second kappa shape index (κ2) is 45.7. The molecule has 0 aliphatic heterocycles. The Morgan fingerprint density at radius 3 is 1.26 bits per heavy atom. The molecule has 0 aliphatic rings. The maximum absolute atomic E-state index is 13.2. The fourth-order valence-corrected chi connectivity index (χ4v) is 7.96. The number of allylic oxidation sites excluding steroid dienone is 2. The van der Waals surface area contributed by atoms with Crippen molar-refractivity contribution in [2.75, 3.05) is 6.61 Å². The molecule has 0 aromatic heterocycles. The number of unbranched alkanes of at least 4 members (excludes halogenated alkanes) is 32. The van der Waals surface area contributed by atoms with Crippen LogP contribution in [0.4, 0.5) is 0 Å². The molecule has 3 N–H and O–H groups in total. The Balaban J connectivity index is 4.52. The lowest BCUT2D eigenvalue weighted by molar-refractivity contribution is -0.151. The maximum Gasteiger partial charge on any atom is 0.306 e. The fourth-order valence-electron chi connectivity index (χ4n) is 7.96. The summed E-state index contributed by atoms with van der Waals surface area (Å²) in [5.41, 5.74) is 0. The van der Waals surface area contributed by atoms with E-state index in [1.165, 1.54) is 167 Å². The van der Waals surface area contributed by atoms with Crippen LogP contribution < -0.4 is 5.32 Å². The van der Waals surface area contributed by atoms with Gasteiger partial charge < -0.3 is 20.3 Å². The van der Waals surface area contributed by atoms with E-state index in [1.54, 1.807) is 0 Å². The van der Waals surface area contributed by atoms with E-state index in [0.29, 0.717) is 19.3 Å². The third-order valence-corrected chi connectivity index (χ3v) is 11.8. The highest BCUT2D eigenvalue weighted by atomic mass is 16.5. The number of hydrogen-bond acceptors (Lipinski definition) is 5. The van der Waals surface area contributed by atoms with E-state index in [-0.39, 0.29) is 24.9 Å². The highest BCUT2D eigenvalue weighted by Gasteiger charge is 2.24. The quantitative estimate of drug-likeness (QED) is 0.0323. The molecule has 0 aromatic rings. The molecular formula is C51H99NO5. The molecule has 0 spiro atoms. The largest absolute Gasteiger partial charge is 0.462 e. The van der Waals surface area contributed by atoms with Gasteiger partial charge in [0.05, 0.1) is 25.2 Å². The van der Waals surface area contributed by atoms with E-state index in [1.807, 2.05) is 0 Å². The lowest BCUT2D eigenvalue weighted by Gasteiger charge is -2.24. The van der Waals surface area contributed by atoms with Gasteiger partial charge in [0, 0.05) is 6.42 Å². The average Bonchev–Trinajstić information content (AvgIpc) is 3.20. The van der Waals surface area contributed by atoms with Gasteiger partial charge in [-0.15, -0.1) is 0 Å². The van der Waals surface area contributed by atoms with Crippen molar-refractivity contribution in [1.29, 1.82) is 0 Å². The van der Waals surface area contributed by atoms with Crippen molar-refractivity contribution < 1.29 is 24.5 Å². The molecule has 3 atom stereocenters. The second-order valence-corrected chi connectivity index (χ2v) is 17.6. The Kier molecular flexibility index (Phi) is 44.6. The molecule has 0 aromatic carbocycles. The highest BCUT2D eigenvalue weighted by molar-refractivity contribution is 5.77. The number of aliphatic hydroxyl groups excluding tert-OH is 2. The van der Waals surface area contributed by atoms with Crippen molar-refractivity contribution >= 4 is 11.9 Å². The minimum absolute atomic E-state index is 0.0784. The molecule has 0 fully saturated rings. The Morgan fingerprint density at radius 2 is 0.842 bits per heavy atom. The van der Waals surface area contributed by atoms with Crippen LogP contribution in [0.2, 0.25) is 0 Å². The monoisotopic (exact) mass is 806 g/mol. The number of amides is 1. The first-order valence-corrected chi connectivity index (χ1v) is 25.4. The highest BCUT2D eigenvalue weighted by Crippen LogP contribution is 2.18. The summed E-state index contributed by atoms with van der Waals surface area (Å²) in [5, 5.41) is 23.7. The van der Waals surface area contributed by atoms with Crippen LogP contribution >= 0.6 is 0 Å². The fraction of sp³-hybridized carbons (Fsp3) is 0.922. The van der Waals surface area contributed by atoms with E-state index < -0.39 is 18.2 Å². The third kappa shape index (κ3) is 41.1. The van der Waals surface area contributed by atoms with E-state index in [2.05, 4.69) is 38.2 Å². The molecule has 6 nitrogen and oxygen atoms in total. The van der Waals surface area contributed by atoms with Crippen LogP contribution in [0.25, 0.3) is 0 Å². The van der Waals surface area contributed by atoms with Gasteiger partial charge in [0.1, 0.15) is 6.10 Å². The number of ether oxygens (including phenoxy) is 1. The summed E-state index contributed by atoms with van der Waals surface area (Å²) < 4.78 is 5.93. The molecule has 6 heteroatoms. The van der Waals surface area contributed by atoms with E-state index in [4.69, 9.17) is 4.74 Å². The molecule has 3 unspecified atom stereocenters. The summed E-state index contributed by atoms with van der Waals surface area (Å²) in [6.07, 6.45) is 49.9. The van der Waals surface area contributed by atoms with Crippen molar-refractivity contribution in [3.05, 3.63) is 12.2 Å². The zero-order valence-electron chi connectivity index (χ0n) is 38.5. The van der Waals surface area contributed by atoms with Crippen LogP contribution in [0.1, 0.15) is 278 Å². The van der Waals surface area contributed by atoms with Crippen molar-refractivity contribution in [1.82, 2.24) is 5.32 Å². The lowest BCUT2D eigenvalue weighted by atomic mass is 10.0. The minimum Gasteiger partial charge on any atom is -0.462 e. The van der Waals surface area contributed by atoms with Crippen LogP contribution in [-0.4, -0.2) is 46.9 Å². The topological polar surface area (TPSA) is 95.9 Å². The molecule has 0 radical (unpaired) electrons. The number of carbonyl (C=O) groups is 2. The Morgan fingerprint density at radius 1 is 0.491 bits per heavy atom. The van der Waals surface area contributed by atoms with Crippen LogP contribution in [0.3, 0.4) is 0 Å². The predicted octanol–water partition coefficient (Wildman–Crippen LogP) is 15.0. The van der Waals surface area contributed by atoms with Gasteiger partial charge >= 0.3 is 5.97 Å². The van der Waals surface area contributed by atoms with Crippen LogP contribution in [-0.2, 0) is 14.3 Å². The molecule has 57 heavy (non-hydrogen) atoms. The van der Waals surface area contributed by atoms with Gasteiger partial charge in [-0.25, -0.2) is 0 Å².